The van der Waals surface area contributed by atoms with Crippen molar-refractivity contribution >= 4 is 41.0 Å². The highest BCUT2D eigenvalue weighted by molar-refractivity contribution is 8.00. The van der Waals surface area contributed by atoms with Crippen LogP contribution < -0.4 is 15.5 Å². The summed E-state index contributed by atoms with van der Waals surface area (Å²) in [5, 5.41) is 4.98. The van der Waals surface area contributed by atoms with Crippen molar-refractivity contribution in [2.45, 2.75) is 43.7 Å². The van der Waals surface area contributed by atoms with Gasteiger partial charge in [0.25, 0.3) is 0 Å². The fourth-order valence-electron chi connectivity index (χ4n) is 2.82. The van der Waals surface area contributed by atoms with Crippen molar-refractivity contribution in [1.29, 1.82) is 0 Å². The molecular weight excluding hydrogens is 471 g/mol. The van der Waals surface area contributed by atoms with Gasteiger partial charge in [-0.2, -0.15) is 13.2 Å². The number of nitrogens with zero attached hydrogens (tertiary/aromatic N) is 1. The van der Waals surface area contributed by atoms with Crippen LogP contribution in [0.1, 0.15) is 26.3 Å². The number of benzene rings is 2. The highest BCUT2D eigenvalue weighted by Crippen LogP contribution is 2.38. The molecule has 2 N–H and O–H groups in total. The number of aryl methyl sites for hydroxylation is 1. The standard InChI is InChI=1S/C23H26F3N3O4S/c1-15-7-5-8-16(11-15)28-21(32)27-13-19(30)29(14-20(31)33-22(2,3)4)17-9-6-10-18(12-17)34-23(24,25)26/h5-12H,13-14H2,1-4H3,(H2,27,28,32). The van der Waals surface area contributed by atoms with Crippen LogP contribution in [0.4, 0.5) is 29.3 Å². The quantitative estimate of drug-likeness (QED) is 0.410. The Labute approximate surface area is 200 Å². The van der Waals surface area contributed by atoms with Crippen molar-refractivity contribution in [2.75, 3.05) is 23.3 Å². The SMILES string of the molecule is Cc1cccc(NC(=O)NCC(=O)N(CC(=O)OC(C)(C)C)c2cccc(SC(F)(F)F)c2)c1. The van der Waals surface area contributed by atoms with E-state index in [-0.39, 0.29) is 22.3 Å². The van der Waals surface area contributed by atoms with Gasteiger partial charge >= 0.3 is 17.5 Å². The van der Waals surface area contributed by atoms with E-state index in [1.165, 1.54) is 18.2 Å². The van der Waals surface area contributed by atoms with E-state index in [1.807, 2.05) is 13.0 Å². The third-order valence-corrected chi connectivity index (χ3v) is 4.77. The second-order valence-corrected chi connectivity index (χ2v) is 9.43. The van der Waals surface area contributed by atoms with Crippen LogP contribution in [0, 0.1) is 6.92 Å². The third-order valence-electron chi connectivity index (χ3n) is 4.05. The lowest BCUT2D eigenvalue weighted by Gasteiger charge is -2.26. The first kappa shape index (κ1) is 27.0. The van der Waals surface area contributed by atoms with Gasteiger partial charge in [0.15, 0.2) is 0 Å². The number of thioether (sulfide) groups is 1. The molecule has 2 aromatic carbocycles. The zero-order valence-corrected chi connectivity index (χ0v) is 20.0. The molecule has 0 aliphatic rings. The van der Waals surface area contributed by atoms with Gasteiger partial charge < -0.3 is 15.4 Å². The van der Waals surface area contributed by atoms with Crippen molar-refractivity contribution in [3.63, 3.8) is 0 Å². The number of carbonyl (C=O) groups is 3. The molecule has 0 heterocycles. The number of ether oxygens (including phenoxy) is 1. The average molecular weight is 498 g/mol. The lowest BCUT2D eigenvalue weighted by molar-refractivity contribution is -0.153. The molecule has 0 fully saturated rings. The monoisotopic (exact) mass is 497 g/mol. The van der Waals surface area contributed by atoms with Crippen LogP contribution in [0.25, 0.3) is 0 Å². The number of hydrogen-bond donors (Lipinski definition) is 2. The number of urea groups is 1. The Kier molecular flexibility index (Phi) is 8.97. The Balaban J connectivity index is 2.16. The molecule has 0 bridgehead atoms. The second kappa shape index (κ2) is 11.3. The summed E-state index contributed by atoms with van der Waals surface area (Å²) >= 11 is -0.340. The van der Waals surface area contributed by atoms with E-state index in [0.29, 0.717) is 5.69 Å². The van der Waals surface area contributed by atoms with Crippen LogP contribution >= 0.6 is 11.8 Å². The minimum Gasteiger partial charge on any atom is -0.459 e. The van der Waals surface area contributed by atoms with Crippen molar-refractivity contribution in [1.82, 2.24) is 5.32 Å². The average Bonchev–Trinajstić information content (AvgIpc) is 2.68. The van der Waals surface area contributed by atoms with Gasteiger partial charge in [0.05, 0.1) is 6.54 Å². The number of hydrogen-bond acceptors (Lipinski definition) is 5. The molecule has 0 saturated heterocycles. The van der Waals surface area contributed by atoms with E-state index in [0.717, 1.165) is 16.5 Å². The lowest BCUT2D eigenvalue weighted by atomic mass is 10.2. The molecule has 3 amide bonds. The first-order valence-electron chi connectivity index (χ1n) is 10.2. The molecule has 0 aliphatic carbocycles. The summed E-state index contributed by atoms with van der Waals surface area (Å²) in [5.41, 5.74) is -3.84. The highest BCUT2D eigenvalue weighted by atomic mass is 32.2. The molecule has 2 aromatic rings. The first-order valence-corrected chi connectivity index (χ1v) is 11.0. The number of rotatable bonds is 7. The largest absolute Gasteiger partial charge is 0.459 e. The number of alkyl halides is 3. The van der Waals surface area contributed by atoms with E-state index in [9.17, 15) is 27.6 Å². The summed E-state index contributed by atoms with van der Waals surface area (Å²) in [5.74, 6) is -1.46. The Morgan fingerprint density at radius 2 is 1.71 bits per heavy atom. The van der Waals surface area contributed by atoms with Crippen LogP contribution in [0.3, 0.4) is 0 Å². The van der Waals surface area contributed by atoms with Crippen molar-refractivity contribution in [2.24, 2.45) is 0 Å². The zero-order valence-electron chi connectivity index (χ0n) is 19.2. The molecule has 0 unspecified atom stereocenters. The van der Waals surface area contributed by atoms with Gasteiger partial charge in [-0.3, -0.25) is 14.5 Å². The molecule has 184 valence electrons. The van der Waals surface area contributed by atoms with Crippen molar-refractivity contribution in [3.8, 4) is 0 Å². The van der Waals surface area contributed by atoms with E-state index < -0.39 is 42.1 Å². The summed E-state index contributed by atoms with van der Waals surface area (Å²) in [6, 6.07) is 11.5. The highest BCUT2D eigenvalue weighted by Gasteiger charge is 2.30. The third kappa shape index (κ3) is 9.74. The van der Waals surface area contributed by atoms with Gasteiger partial charge in [-0.15, -0.1) is 0 Å². The van der Waals surface area contributed by atoms with E-state index in [1.54, 1.807) is 39.0 Å². The van der Waals surface area contributed by atoms with Crippen molar-refractivity contribution in [3.05, 3.63) is 54.1 Å². The Bertz CT molecular complexity index is 1040. The van der Waals surface area contributed by atoms with E-state index in [4.69, 9.17) is 4.74 Å². The summed E-state index contributed by atoms with van der Waals surface area (Å²) in [4.78, 5) is 38.3. The molecule has 2 rings (SSSR count). The van der Waals surface area contributed by atoms with Gasteiger partial charge in [-0.05, 0) is 75.4 Å². The van der Waals surface area contributed by atoms with Crippen molar-refractivity contribution < 1.29 is 32.3 Å². The van der Waals surface area contributed by atoms with Crippen LogP contribution in [0.5, 0.6) is 0 Å². The lowest BCUT2D eigenvalue weighted by Crippen LogP contribution is -2.45. The van der Waals surface area contributed by atoms with Crippen LogP contribution in [0.15, 0.2) is 53.4 Å². The summed E-state index contributed by atoms with van der Waals surface area (Å²) in [6.07, 6.45) is 0. The maximum absolute atomic E-state index is 12.9. The van der Waals surface area contributed by atoms with Gasteiger partial charge in [-0.1, -0.05) is 18.2 Å². The molecule has 0 aliphatic heterocycles. The van der Waals surface area contributed by atoms with E-state index >= 15 is 0 Å². The topological polar surface area (TPSA) is 87.7 Å². The fraction of sp³-hybridized carbons (Fsp3) is 0.348. The number of anilines is 2. The molecule has 0 atom stereocenters. The molecule has 7 nitrogen and oxygen atoms in total. The number of nitrogens with one attached hydrogen (secondary N) is 2. The van der Waals surface area contributed by atoms with Crippen LogP contribution in [0.2, 0.25) is 0 Å². The normalized spacial score (nSPS) is 11.5. The predicted octanol–water partition coefficient (Wildman–Crippen LogP) is 5.10. The molecule has 11 heteroatoms. The first-order chi connectivity index (χ1) is 15.7. The summed E-state index contributed by atoms with van der Waals surface area (Å²) < 4.78 is 43.6. The van der Waals surface area contributed by atoms with E-state index in [2.05, 4.69) is 10.6 Å². The Morgan fingerprint density at radius 1 is 1.03 bits per heavy atom. The molecule has 0 radical (unpaired) electrons. The maximum atomic E-state index is 12.9. The smallest absolute Gasteiger partial charge is 0.446 e. The van der Waals surface area contributed by atoms with Gasteiger partial charge in [0.1, 0.15) is 12.1 Å². The predicted molar refractivity (Wildman–Crippen MR) is 125 cm³/mol. The molecule has 0 aromatic heterocycles. The second-order valence-electron chi connectivity index (χ2n) is 8.29. The van der Waals surface area contributed by atoms with Gasteiger partial charge in [0.2, 0.25) is 5.91 Å². The minimum atomic E-state index is -4.52. The molecule has 34 heavy (non-hydrogen) atoms. The molecule has 0 saturated carbocycles. The number of esters is 1. The Hall–Kier alpha value is -3.21. The maximum Gasteiger partial charge on any atom is 0.446 e. The number of amides is 3. The van der Waals surface area contributed by atoms with Gasteiger partial charge in [-0.25, -0.2) is 4.79 Å². The number of carbonyl (C=O) groups excluding carboxylic acids is 3. The molecular formula is C23H26F3N3O4S. The van der Waals surface area contributed by atoms with Gasteiger partial charge in [0, 0.05) is 16.3 Å². The molecule has 0 spiro atoms. The minimum absolute atomic E-state index is 0.0611. The Morgan fingerprint density at radius 3 is 2.32 bits per heavy atom. The van der Waals surface area contributed by atoms with Crippen LogP contribution in [-0.4, -0.2) is 42.1 Å². The van der Waals surface area contributed by atoms with Crippen LogP contribution in [-0.2, 0) is 14.3 Å². The number of halogens is 3. The fourth-order valence-corrected chi connectivity index (χ4v) is 3.42. The summed E-state index contributed by atoms with van der Waals surface area (Å²) in [6.45, 7) is 5.75. The zero-order chi connectivity index (χ0) is 25.5. The summed E-state index contributed by atoms with van der Waals surface area (Å²) in [7, 11) is 0.